The summed E-state index contributed by atoms with van der Waals surface area (Å²) in [5.74, 6) is 0. The van der Waals surface area contributed by atoms with E-state index in [0.717, 1.165) is 0 Å². The summed E-state index contributed by atoms with van der Waals surface area (Å²) in [7, 11) is -2.95. The molecule has 0 saturated heterocycles. The minimum Gasteiger partial charge on any atom is -0.229 e. The van der Waals surface area contributed by atoms with Gasteiger partial charge in [-0.3, -0.25) is 0 Å². The minimum absolute atomic E-state index is 0.0787. The molecule has 0 aromatic carbocycles. The van der Waals surface area contributed by atoms with Crippen molar-refractivity contribution >= 4 is 21.6 Å². The molecule has 0 saturated carbocycles. The zero-order valence-corrected chi connectivity index (χ0v) is 8.13. The Balaban J connectivity index is 4.23. The van der Waals surface area contributed by atoms with E-state index in [1.807, 2.05) is 13.2 Å². The SMILES string of the molecule is [CH2]C(C(C)SC)S(C)(=O)=O. The minimum atomic E-state index is -2.95. The molecule has 4 heteroatoms. The topological polar surface area (TPSA) is 34.1 Å². The first-order chi connectivity index (χ1) is 4.39. The molecule has 0 aliphatic carbocycles. The predicted molar refractivity (Wildman–Crippen MR) is 47.0 cm³/mol. The number of sulfone groups is 1. The van der Waals surface area contributed by atoms with Crippen LogP contribution in [0.4, 0.5) is 0 Å². The molecular weight excluding hydrogens is 168 g/mol. The third-order valence-electron chi connectivity index (χ3n) is 1.45. The van der Waals surface area contributed by atoms with Crippen LogP contribution in [0.25, 0.3) is 0 Å². The van der Waals surface area contributed by atoms with Crippen LogP contribution < -0.4 is 0 Å². The van der Waals surface area contributed by atoms with E-state index in [9.17, 15) is 8.42 Å². The van der Waals surface area contributed by atoms with Gasteiger partial charge in [-0.15, -0.1) is 0 Å². The van der Waals surface area contributed by atoms with Gasteiger partial charge in [-0.2, -0.15) is 11.8 Å². The van der Waals surface area contributed by atoms with Gasteiger partial charge in [0.05, 0.1) is 5.25 Å². The molecule has 0 bridgehead atoms. The quantitative estimate of drug-likeness (QED) is 0.651. The van der Waals surface area contributed by atoms with Gasteiger partial charge in [0.15, 0.2) is 9.84 Å². The van der Waals surface area contributed by atoms with Crippen molar-refractivity contribution in [3.63, 3.8) is 0 Å². The third kappa shape index (κ3) is 2.92. The predicted octanol–water partition coefficient (Wildman–Crippen LogP) is 0.985. The van der Waals surface area contributed by atoms with Crippen LogP contribution in [0, 0.1) is 6.92 Å². The third-order valence-corrected chi connectivity index (χ3v) is 4.20. The van der Waals surface area contributed by atoms with E-state index >= 15 is 0 Å². The summed E-state index contributed by atoms with van der Waals surface area (Å²) >= 11 is 1.52. The highest BCUT2D eigenvalue weighted by Crippen LogP contribution is 2.15. The highest BCUT2D eigenvalue weighted by Gasteiger charge is 2.20. The van der Waals surface area contributed by atoms with E-state index in [1.54, 1.807) is 0 Å². The Hall–Kier alpha value is 0.300. The smallest absolute Gasteiger partial charge is 0.151 e. The second-order valence-electron chi connectivity index (χ2n) is 2.31. The van der Waals surface area contributed by atoms with Gasteiger partial charge in [-0.1, -0.05) is 6.92 Å². The molecule has 61 valence electrons. The van der Waals surface area contributed by atoms with Crippen LogP contribution in [-0.4, -0.2) is 31.4 Å². The van der Waals surface area contributed by atoms with Crippen molar-refractivity contribution in [1.29, 1.82) is 0 Å². The lowest BCUT2D eigenvalue weighted by Gasteiger charge is -2.14. The first-order valence-corrected chi connectivity index (χ1v) is 6.18. The van der Waals surface area contributed by atoms with Crippen LogP contribution >= 0.6 is 11.8 Å². The molecule has 0 aliphatic rings. The van der Waals surface area contributed by atoms with E-state index in [-0.39, 0.29) is 5.25 Å². The summed E-state index contributed by atoms with van der Waals surface area (Å²) in [6, 6.07) is 0. The molecule has 1 radical (unpaired) electrons. The summed E-state index contributed by atoms with van der Waals surface area (Å²) < 4.78 is 21.7. The first-order valence-electron chi connectivity index (χ1n) is 2.94. The van der Waals surface area contributed by atoms with Crippen molar-refractivity contribution in [1.82, 2.24) is 0 Å². The van der Waals surface area contributed by atoms with Gasteiger partial charge in [-0.05, 0) is 13.2 Å². The van der Waals surface area contributed by atoms with Crippen LogP contribution in [0.5, 0.6) is 0 Å². The maximum absolute atomic E-state index is 10.9. The Morgan fingerprint density at radius 1 is 1.50 bits per heavy atom. The van der Waals surface area contributed by atoms with Gasteiger partial charge in [0.25, 0.3) is 0 Å². The summed E-state index contributed by atoms with van der Waals surface area (Å²) in [4.78, 5) is 0. The van der Waals surface area contributed by atoms with Crippen LogP contribution in [0.1, 0.15) is 6.92 Å². The molecule has 0 fully saturated rings. The average Bonchev–Trinajstić information content (AvgIpc) is 1.83. The number of thioether (sulfide) groups is 1. The molecule has 0 heterocycles. The van der Waals surface area contributed by atoms with Gasteiger partial charge in [0.2, 0.25) is 0 Å². The zero-order chi connectivity index (χ0) is 8.36. The van der Waals surface area contributed by atoms with Gasteiger partial charge >= 0.3 is 0 Å². The lowest BCUT2D eigenvalue weighted by atomic mass is 10.4. The molecule has 2 nitrogen and oxygen atoms in total. The summed E-state index contributed by atoms with van der Waals surface area (Å²) in [5, 5.41) is -0.405. The first kappa shape index (κ1) is 10.3. The van der Waals surface area contributed by atoms with Crippen molar-refractivity contribution in [2.24, 2.45) is 0 Å². The van der Waals surface area contributed by atoms with Crippen LogP contribution in [-0.2, 0) is 9.84 Å². The molecule has 0 aromatic rings. The fourth-order valence-electron chi connectivity index (χ4n) is 0.500. The summed E-state index contributed by atoms with van der Waals surface area (Å²) in [6.45, 7) is 5.44. The lowest BCUT2D eigenvalue weighted by Crippen LogP contribution is -2.25. The zero-order valence-electron chi connectivity index (χ0n) is 6.49. The standard InChI is InChI=1S/C6H13O2S2/c1-5(9-3)6(2)10(4,7)8/h5-6H,2H2,1,3-4H3. The number of hydrogen-bond donors (Lipinski definition) is 0. The van der Waals surface area contributed by atoms with Crippen molar-refractivity contribution in [2.45, 2.75) is 17.4 Å². The molecule has 0 N–H and O–H groups in total. The summed E-state index contributed by atoms with van der Waals surface area (Å²) in [5.41, 5.74) is 0. The largest absolute Gasteiger partial charge is 0.229 e. The molecule has 2 unspecified atom stereocenters. The highest BCUT2D eigenvalue weighted by atomic mass is 32.2. The van der Waals surface area contributed by atoms with Crippen LogP contribution in [0.15, 0.2) is 0 Å². The second-order valence-corrected chi connectivity index (χ2v) is 5.79. The number of hydrogen-bond acceptors (Lipinski definition) is 3. The van der Waals surface area contributed by atoms with E-state index < -0.39 is 15.1 Å². The average molecular weight is 181 g/mol. The lowest BCUT2D eigenvalue weighted by molar-refractivity contribution is 0.593. The molecule has 2 atom stereocenters. The molecule has 0 spiro atoms. The Morgan fingerprint density at radius 2 is 1.90 bits per heavy atom. The molecule has 0 amide bonds. The fourth-order valence-corrected chi connectivity index (χ4v) is 2.44. The van der Waals surface area contributed by atoms with Crippen molar-refractivity contribution < 1.29 is 8.42 Å². The fraction of sp³-hybridized carbons (Fsp3) is 0.833. The van der Waals surface area contributed by atoms with E-state index in [4.69, 9.17) is 0 Å². The van der Waals surface area contributed by atoms with E-state index in [2.05, 4.69) is 6.92 Å². The van der Waals surface area contributed by atoms with Crippen LogP contribution in [0.3, 0.4) is 0 Å². The summed E-state index contributed by atoms with van der Waals surface area (Å²) in [6.07, 6.45) is 3.10. The maximum Gasteiger partial charge on any atom is 0.151 e. The molecule has 0 rings (SSSR count). The van der Waals surface area contributed by atoms with Gasteiger partial charge in [0, 0.05) is 11.5 Å². The van der Waals surface area contributed by atoms with Gasteiger partial charge < -0.3 is 0 Å². The Labute approximate surface area is 67.3 Å². The highest BCUT2D eigenvalue weighted by molar-refractivity contribution is 8.00. The van der Waals surface area contributed by atoms with Crippen molar-refractivity contribution in [2.75, 3.05) is 12.5 Å². The van der Waals surface area contributed by atoms with Crippen molar-refractivity contribution in [3.8, 4) is 0 Å². The van der Waals surface area contributed by atoms with Gasteiger partial charge in [-0.25, -0.2) is 8.42 Å². The maximum atomic E-state index is 10.9. The molecule has 0 aliphatic heterocycles. The van der Waals surface area contributed by atoms with Crippen molar-refractivity contribution in [3.05, 3.63) is 6.92 Å². The Kier molecular flexibility index (Phi) is 3.73. The Bertz CT molecular complexity index is 184. The van der Waals surface area contributed by atoms with E-state index in [0.29, 0.717) is 0 Å². The normalized spacial score (nSPS) is 18.4. The van der Waals surface area contributed by atoms with E-state index in [1.165, 1.54) is 18.0 Å². The monoisotopic (exact) mass is 181 g/mol. The number of rotatable bonds is 3. The molecular formula is C6H13O2S2. The molecule has 0 aromatic heterocycles. The Morgan fingerprint density at radius 3 is 2.00 bits per heavy atom. The second kappa shape index (κ2) is 3.62. The molecule has 10 heavy (non-hydrogen) atoms. The van der Waals surface area contributed by atoms with Gasteiger partial charge in [0.1, 0.15) is 0 Å². The van der Waals surface area contributed by atoms with Crippen LogP contribution in [0.2, 0.25) is 0 Å².